The molecule has 0 aromatic heterocycles. The molecular formula is C39H49Cl2N3. The predicted molar refractivity (Wildman–Crippen MR) is 196 cm³/mol. The molecule has 4 aromatic rings. The third-order valence-corrected chi connectivity index (χ3v) is 8.42. The zero-order valence-electron chi connectivity index (χ0n) is 26.8. The van der Waals surface area contributed by atoms with Crippen LogP contribution < -0.4 is 4.90 Å². The zero-order chi connectivity index (χ0) is 29.3. The van der Waals surface area contributed by atoms with E-state index >= 15 is 0 Å². The van der Waals surface area contributed by atoms with E-state index in [1.807, 2.05) is 0 Å². The zero-order valence-corrected chi connectivity index (χ0v) is 28.5. The van der Waals surface area contributed by atoms with Gasteiger partial charge in [-0.15, -0.1) is 24.8 Å². The fourth-order valence-electron chi connectivity index (χ4n) is 6.26. The van der Waals surface area contributed by atoms with Crippen LogP contribution in [0.5, 0.6) is 0 Å². The number of aryl methyl sites for hydroxylation is 4. The summed E-state index contributed by atoms with van der Waals surface area (Å²) in [5, 5.41) is 0. The van der Waals surface area contributed by atoms with Crippen LogP contribution in [0.4, 0.5) is 11.4 Å². The van der Waals surface area contributed by atoms with Crippen molar-refractivity contribution < 1.29 is 0 Å². The fraction of sp³-hybridized carbons (Fsp3) is 0.333. The lowest BCUT2D eigenvalue weighted by Gasteiger charge is -2.27. The SMILES string of the molecule is CN(C)CCC=C1c2ccccc2CCc2ccccc21.CN(C)CCCN1c2ccccc2CCc2ccccc21.Cl.Cl. The molecule has 0 amide bonds. The third kappa shape index (κ3) is 8.99. The standard InChI is InChI=1S/C20H23N.C19H24N2.2ClH/c1-21(2)15-7-12-20-18-10-5-3-8-16(18)13-14-17-9-4-6-11-19(17)20;1-20(2)14-7-15-21-18-10-5-3-8-16(18)12-13-17-9-4-6-11-19(17)21;;/h3-6,8-12H,7,13-15H2,1-2H3;3-6,8-11H,7,12-15H2,1-2H3;2*1H. The van der Waals surface area contributed by atoms with Crippen LogP contribution in [0.25, 0.3) is 5.57 Å². The Labute approximate surface area is 278 Å². The van der Waals surface area contributed by atoms with Crippen LogP contribution in [0.15, 0.2) is 103 Å². The average molecular weight is 631 g/mol. The number of benzene rings is 4. The number of anilines is 2. The Balaban J connectivity index is 0.000000230. The highest BCUT2D eigenvalue weighted by Crippen LogP contribution is 2.36. The molecular weight excluding hydrogens is 581 g/mol. The molecule has 2 aliphatic rings. The van der Waals surface area contributed by atoms with Crippen molar-refractivity contribution in [3.05, 3.63) is 137 Å². The largest absolute Gasteiger partial charge is 0.341 e. The molecule has 0 unspecified atom stereocenters. The number of rotatable bonds is 7. The lowest BCUT2D eigenvalue weighted by atomic mass is 9.93. The summed E-state index contributed by atoms with van der Waals surface area (Å²) in [6.45, 7) is 3.29. The molecule has 0 fully saturated rings. The fourth-order valence-corrected chi connectivity index (χ4v) is 6.26. The quantitative estimate of drug-likeness (QED) is 0.202. The summed E-state index contributed by atoms with van der Waals surface area (Å²) >= 11 is 0. The lowest BCUT2D eigenvalue weighted by molar-refractivity contribution is 0.402. The molecule has 44 heavy (non-hydrogen) atoms. The Morgan fingerprint density at radius 1 is 0.545 bits per heavy atom. The molecule has 0 saturated carbocycles. The van der Waals surface area contributed by atoms with E-state index in [0.717, 1.165) is 51.7 Å². The maximum atomic E-state index is 2.52. The molecule has 0 atom stereocenters. The van der Waals surface area contributed by atoms with Crippen LogP contribution in [0.2, 0.25) is 0 Å². The molecule has 0 bridgehead atoms. The van der Waals surface area contributed by atoms with Gasteiger partial charge in [0.25, 0.3) is 0 Å². The van der Waals surface area contributed by atoms with E-state index in [4.69, 9.17) is 0 Å². The first-order chi connectivity index (χ1) is 20.5. The van der Waals surface area contributed by atoms with E-state index in [-0.39, 0.29) is 24.8 Å². The van der Waals surface area contributed by atoms with E-state index < -0.39 is 0 Å². The van der Waals surface area contributed by atoms with Gasteiger partial charge >= 0.3 is 0 Å². The van der Waals surface area contributed by atoms with Crippen molar-refractivity contribution >= 4 is 41.8 Å². The van der Waals surface area contributed by atoms with Crippen LogP contribution in [0, 0.1) is 0 Å². The van der Waals surface area contributed by atoms with Gasteiger partial charge in [0.1, 0.15) is 0 Å². The van der Waals surface area contributed by atoms with Gasteiger partial charge in [-0.2, -0.15) is 0 Å². The Bertz CT molecular complexity index is 1400. The molecule has 3 nitrogen and oxygen atoms in total. The Kier molecular flexibility index (Phi) is 14.0. The molecule has 5 heteroatoms. The molecule has 4 aromatic carbocycles. The van der Waals surface area contributed by atoms with Crippen molar-refractivity contribution in [1.29, 1.82) is 0 Å². The first kappa shape index (κ1) is 35.4. The third-order valence-electron chi connectivity index (χ3n) is 8.42. The van der Waals surface area contributed by atoms with E-state index in [9.17, 15) is 0 Å². The summed E-state index contributed by atoms with van der Waals surface area (Å²) in [5.74, 6) is 0. The summed E-state index contributed by atoms with van der Waals surface area (Å²) in [5.41, 5.74) is 12.9. The van der Waals surface area contributed by atoms with E-state index in [0.29, 0.717) is 0 Å². The highest BCUT2D eigenvalue weighted by atomic mass is 35.5. The number of halogens is 2. The Hall–Kier alpha value is -3.08. The number of nitrogens with zero attached hydrogens (tertiary/aromatic N) is 3. The minimum absolute atomic E-state index is 0. The average Bonchev–Trinajstić information content (AvgIpc) is 3.26. The number of hydrogen-bond donors (Lipinski definition) is 0. The summed E-state index contributed by atoms with van der Waals surface area (Å²) in [6.07, 6.45) is 9.23. The van der Waals surface area contributed by atoms with Gasteiger partial charge in [0, 0.05) is 24.5 Å². The maximum Gasteiger partial charge on any atom is 0.0443 e. The van der Waals surface area contributed by atoms with Gasteiger partial charge in [-0.1, -0.05) is 91.0 Å². The molecule has 1 aliphatic carbocycles. The topological polar surface area (TPSA) is 9.72 Å². The molecule has 1 heterocycles. The molecule has 1 aliphatic heterocycles. The van der Waals surface area contributed by atoms with Crippen LogP contribution >= 0.6 is 24.8 Å². The van der Waals surface area contributed by atoms with Crippen molar-refractivity contribution in [3.8, 4) is 0 Å². The van der Waals surface area contributed by atoms with Crippen LogP contribution in [0.3, 0.4) is 0 Å². The van der Waals surface area contributed by atoms with Gasteiger partial charge in [-0.3, -0.25) is 0 Å². The molecule has 0 N–H and O–H groups in total. The molecule has 0 spiro atoms. The maximum absolute atomic E-state index is 2.52. The minimum atomic E-state index is 0. The highest BCUT2D eigenvalue weighted by molar-refractivity contribution is 5.86. The number of fused-ring (bicyclic) bond motifs is 4. The van der Waals surface area contributed by atoms with Crippen molar-refractivity contribution in [2.75, 3.05) is 52.7 Å². The van der Waals surface area contributed by atoms with Crippen LogP contribution in [0.1, 0.15) is 46.2 Å². The van der Waals surface area contributed by atoms with Gasteiger partial charge < -0.3 is 14.7 Å². The smallest absolute Gasteiger partial charge is 0.0443 e. The molecule has 0 radical (unpaired) electrons. The first-order valence-electron chi connectivity index (χ1n) is 15.6. The van der Waals surface area contributed by atoms with Crippen molar-refractivity contribution in [2.24, 2.45) is 0 Å². The molecule has 234 valence electrons. The van der Waals surface area contributed by atoms with Crippen molar-refractivity contribution in [3.63, 3.8) is 0 Å². The van der Waals surface area contributed by atoms with Gasteiger partial charge in [0.2, 0.25) is 0 Å². The van der Waals surface area contributed by atoms with Gasteiger partial charge in [0.05, 0.1) is 0 Å². The van der Waals surface area contributed by atoms with E-state index in [2.05, 4.69) is 146 Å². The number of hydrogen-bond acceptors (Lipinski definition) is 3. The van der Waals surface area contributed by atoms with E-state index in [1.165, 1.54) is 56.7 Å². The summed E-state index contributed by atoms with van der Waals surface area (Å²) < 4.78 is 0. The summed E-state index contributed by atoms with van der Waals surface area (Å²) in [7, 11) is 8.55. The second-order valence-electron chi connectivity index (χ2n) is 12.1. The van der Waals surface area contributed by atoms with Crippen molar-refractivity contribution in [2.45, 2.75) is 38.5 Å². The summed E-state index contributed by atoms with van der Waals surface area (Å²) in [6, 6.07) is 35.5. The highest BCUT2D eigenvalue weighted by Gasteiger charge is 2.20. The monoisotopic (exact) mass is 629 g/mol. The Morgan fingerprint density at radius 2 is 0.955 bits per heavy atom. The minimum Gasteiger partial charge on any atom is -0.341 e. The normalized spacial score (nSPS) is 13.0. The second-order valence-corrected chi connectivity index (χ2v) is 12.1. The van der Waals surface area contributed by atoms with Crippen LogP contribution in [-0.2, 0) is 25.7 Å². The number of para-hydroxylation sites is 2. The second kappa shape index (κ2) is 17.4. The van der Waals surface area contributed by atoms with Crippen LogP contribution in [-0.4, -0.2) is 57.6 Å². The van der Waals surface area contributed by atoms with Gasteiger partial charge in [-0.05, 0) is 124 Å². The Morgan fingerprint density at radius 3 is 1.43 bits per heavy atom. The predicted octanol–water partition coefficient (Wildman–Crippen LogP) is 8.89. The lowest BCUT2D eigenvalue weighted by Crippen LogP contribution is -2.23. The first-order valence-corrected chi connectivity index (χ1v) is 15.6. The van der Waals surface area contributed by atoms with Gasteiger partial charge in [0.15, 0.2) is 0 Å². The molecule has 6 rings (SSSR count). The summed E-state index contributed by atoms with van der Waals surface area (Å²) in [4.78, 5) is 7.02. The van der Waals surface area contributed by atoms with Gasteiger partial charge in [-0.25, -0.2) is 0 Å². The van der Waals surface area contributed by atoms with E-state index in [1.54, 1.807) is 0 Å². The van der Waals surface area contributed by atoms with Crippen molar-refractivity contribution in [1.82, 2.24) is 9.80 Å². The molecule has 0 saturated heterocycles.